The van der Waals surface area contributed by atoms with E-state index in [1.165, 1.54) is 17.4 Å². The van der Waals surface area contributed by atoms with E-state index in [4.69, 9.17) is 4.52 Å². The third-order valence-corrected chi connectivity index (χ3v) is 4.36. The fourth-order valence-electron chi connectivity index (χ4n) is 1.98. The molecule has 0 aromatic carbocycles. The highest BCUT2D eigenvalue weighted by molar-refractivity contribution is 7.13. The molecule has 2 aromatic heterocycles. The van der Waals surface area contributed by atoms with Crippen molar-refractivity contribution in [1.82, 2.24) is 10.5 Å². The maximum absolute atomic E-state index is 12.2. The largest absolute Gasteiger partial charge is 0.480 e. The summed E-state index contributed by atoms with van der Waals surface area (Å²) in [7, 11) is 0. The smallest absolute Gasteiger partial charge is 0.329 e. The van der Waals surface area contributed by atoms with Crippen LogP contribution in [0.5, 0.6) is 0 Å². The molecule has 21 heavy (non-hydrogen) atoms. The maximum Gasteiger partial charge on any atom is 0.329 e. The molecular formula is C14H16N2O4S. The molecule has 2 rings (SSSR count). The number of nitrogens with zero attached hydrogens (tertiary/aromatic N) is 1. The van der Waals surface area contributed by atoms with Crippen molar-refractivity contribution < 1.29 is 19.2 Å². The van der Waals surface area contributed by atoms with Gasteiger partial charge in [0.25, 0.3) is 5.91 Å². The van der Waals surface area contributed by atoms with E-state index in [0.717, 1.165) is 4.88 Å². The van der Waals surface area contributed by atoms with Gasteiger partial charge in [-0.3, -0.25) is 4.79 Å². The van der Waals surface area contributed by atoms with Crippen LogP contribution in [0.3, 0.4) is 0 Å². The number of hydrogen-bond donors (Lipinski definition) is 2. The fraction of sp³-hybridized carbons (Fsp3) is 0.357. The molecule has 0 aliphatic rings. The number of aromatic nitrogens is 1. The second-order valence-corrected chi connectivity index (χ2v) is 5.55. The second-order valence-electron chi connectivity index (χ2n) is 4.60. The molecular weight excluding hydrogens is 292 g/mol. The van der Waals surface area contributed by atoms with Crippen LogP contribution in [0.1, 0.15) is 37.2 Å². The van der Waals surface area contributed by atoms with Crippen molar-refractivity contribution in [3.63, 3.8) is 0 Å². The summed E-state index contributed by atoms with van der Waals surface area (Å²) in [6, 6.07) is 5.23. The van der Waals surface area contributed by atoms with Crippen molar-refractivity contribution >= 4 is 23.2 Å². The first kappa shape index (κ1) is 15.2. The van der Waals surface area contributed by atoms with Crippen LogP contribution >= 0.6 is 11.3 Å². The van der Waals surface area contributed by atoms with E-state index in [-0.39, 0.29) is 5.69 Å². The van der Waals surface area contributed by atoms with Crippen LogP contribution in [0, 0.1) is 0 Å². The van der Waals surface area contributed by atoms with E-state index in [2.05, 4.69) is 10.5 Å². The van der Waals surface area contributed by atoms with Crippen molar-refractivity contribution in [2.24, 2.45) is 0 Å². The van der Waals surface area contributed by atoms with Crippen LogP contribution in [-0.4, -0.2) is 27.7 Å². The van der Waals surface area contributed by atoms with Crippen LogP contribution in [0.15, 0.2) is 28.1 Å². The summed E-state index contributed by atoms with van der Waals surface area (Å²) < 4.78 is 5.12. The van der Waals surface area contributed by atoms with E-state index < -0.39 is 17.4 Å². The van der Waals surface area contributed by atoms with Gasteiger partial charge in [-0.05, 0) is 24.3 Å². The molecule has 0 radical (unpaired) electrons. The molecule has 0 atom stereocenters. The average Bonchev–Trinajstić information content (AvgIpc) is 3.13. The van der Waals surface area contributed by atoms with Gasteiger partial charge in [-0.15, -0.1) is 11.3 Å². The number of amides is 1. The lowest BCUT2D eigenvalue weighted by Crippen LogP contribution is -2.53. The Morgan fingerprint density at radius 3 is 2.67 bits per heavy atom. The number of thiophene rings is 1. The van der Waals surface area contributed by atoms with Crippen LogP contribution < -0.4 is 5.32 Å². The van der Waals surface area contributed by atoms with E-state index in [1.807, 2.05) is 17.5 Å². The zero-order chi connectivity index (χ0) is 15.5. The minimum Gasteiger partial charge on any atom is -0.480 e. The van der Waals surface area contributed by atoms with Gasteiger partial charge in [0.15, 0.2) is 11.5 Å². The lowest BCUT2D eigenvalue weighted by molar-refractivity contribution is -0.144. The number of nitrogens with one attached hydrogen (secondary N) is 1. The minimum absolute atomic E-state index is 0.0749. The van der Waals surface area contributed by atoms with Crippen LogP contribution in [-0.2, 0) is 4.79 Å². The van der Waals surface area contributed by atoms with E-state index in [0.29, 0.717) is 18.6 Å². The summed E-state index contributed by atoms with van der Waals surface area (Å²) in [6.45, 7) is 3.44. The van der Waals surface area contributed by atoms with Gasteiger partial charge < -0.3 is 14.9 Å². The number of carbonyl (C=O) groups excluding carboxylic acids is 1. The Hall–Kier alpha value is -2.15. The quantitative estimate of drug-likeness (QED) is 0.856. The molecule has 0 saturated heterocycles. The van der Waals surface area contributed by atoms with E-state index in [1.54, 1.807) is 13.8 Å². The third-order valence-electron chi connectivity index (χ3n) is 3.48. The highest BCUT2D eigenvalue weighted by Gasteiger charge is 2.37. The number of carbonyl (C=O) groups is 2. The Bertz CT molecular complexity index is 629. The zero-order valence-corrected chi connectivity index (χ0v) is 12.6. The molecule has 0 aliphatic heterocycles. The summed E-state index contributed by atoms with van der Waals surface area (Å²) in [5, 5.41) is 17.5. The molecule has 1 amide bonds. The number of carboxylic acid groups (broad SMARTS) is 1. The molecule has 2 N–H and O–H groups in total. The van der Waals surface area contributed by atoms with Gasteiger partial charge in [-0.1, -0.05) is 25.1 Å². The molecule has 0 fully saturated rings. The summed E-state index contributed by atoms with van der Waals surface area (Å²) in [5.74, 6) is -1.11. The Morgan fingerprint density at radius 1 is 1.43 bits per heavy atom. The first-order chi connectivity index (χ1) is 10.0. The summed E-state index contributed by atoms with van der Waals surface area (Å²) in [5.41, 5.74) is -1.20. The van der Waals surface area contributed by atoms with Crippen LogP contribution in [0.4, 0.5) is 0 Å². The Labute approximate surface area is 125 Å². The lowest BCUT2D eigenvalue weighted by atomic mass is 9.93. The molecule has 2 aromatic rings. The molecule has 0 unspecified atom stereocenters. The van der Waals surface area contributed by atoms with Gasteiger partial charge in [0, 0.05) is 6.07 Å². The van der Waals surface area contributed by atoms with Gasteiger partial charge in [0.05, 0.1) is 4.88 Å². The van der Waals surface area contributed by atoms with Crippen molar-refractivity contribution in [2.45, 2.75) is 32.2 Å². The highest BCUT2D eigenvalue weighted by Crippen LogP contribution is 2.25. The van der Waals surface area contributed by atoms with E-state index in [9.17, 15) is 14.7 Å². The van der Waals surface area contributed by atoms with E-state index >= 15 is 0 Å². The van der Waals surface area contributed by atoms with Gasteiger partial charge in [-0.25, -0.2) is 4.79 Å². The SMILES string of the molecule is CCC(CC)(NC(=O)c1cc(-c2cccs2)on1)C(=O)O. The highest BCUT2D eigenvalue weighted by atomic mass is 32.1. The minimum atomic E-state index is -1.28. The Kier molecular flexibility index (Phi) is 4.42. The van der Waals surface area contributed by atoms with Crippen molar-refractivity contribution in [2.75, 3.05) is 0 Å². The monoisotopic (exact) mass is 308 g/mol. The molecule has 0 bridgehead atoms. The standard InChI is InChI=1S/C14H16N2O4S/c1-3-14(4-2,13(18)19)15-12(17)9-8-10(20-16-9)11-6-5-7-21-11/h5-8H,3-4H2,1-2H3,(H,15,17)(H,18,19). The first-order valence-corrected chi connectivity index (χ1v) is 7.47. The summed E-state index contributed by atoms with van der Waals surface area (Å²) in [6.07, 6.45) is 0.584. The van der Waals surface area contributed by atoms with Crippen molar-refractivity contribution in [1.29, 1.82) is 0 Å². The Balaban J connectivity index is 2.19. The van der Waals surface area contributed by atoms with Gasteiger partial charge in [0.2, 0.25) is 0 Å². The first-order valence-electron chi connectivity index (χ1n) is 6.59. The topological polar surface area (TPSA) is 92.4 Å². The third kappa shape index (κ3) is 2.97. The lowest BCUT2D eigenvalue weighted by Gasteiger charge is -2.27. The summed E-state index contributed by atoms with van der Waals surface area (Å²) >= 11 is 1.47. The second kappa shape index (κ2) is 6.09. The predicted octanol–water partition coefficient (Wildman–Crippen LogP) is 2.78. The number of rotatable bonds is 6. The zero-order valence-electron chi connectivity index (χ0n) is 11.8. The molecule has 0 spiro atoms. The number of hydrogen-bond acceptors (Lipinski definition) is 5. The molecule has 7 heteroatoms. The molecule has 2 heterocycles. The number of aliphatic carboxylic acids is 1. The molecule has 0 saturated carbocycles. The van der Waals surface area contributed by atoms with Gasteiger partial charge in [-0.2, -0.15) is 0 Å². The molecule has 0 aliphatic carbocycles. The maximum atomic E-state index is 12.2. The normalized spacial score (nSPS) is 11.3. The predicted molar refractivity (Wildman–Crippen MR) is 78.2 cm³/mol. The average molecular weight is 308 g/mol. The summed E-state index contributed by atoms with van der Waals surface area (Å²) in [4.78, 5) is 24.4. The Morgan fingerprint density at radius 2 is 2.14 bits per heavy atom. The van der Waals surface area contributed by atoms with Gasteiger partial charge >= 0.3 is 5.97 Å². The number of carboxylic acids is 1. The van der Waals surface area contributed by atoms with Crippen molar-refractivity contribution in [3.05, 3.63) is 29.3 Å². The molecule has 112 valence electrons. The van der Waals surface area contributed by atoms with Crippen LogP contribution in [0.2, 0.25) is 0 Å². The van der Waals surface area contributed by atoms with Gasteiger partial charge in [0.1, 0.15) is 5.54 Å². The van der Waals surface area contributed by atoms with Crippen molar-refractivity contribution in [3.8, 4) is 10.6 Å². The van der Waals surface area contributed by atoms with Crippen LogP contribution in [0.25, 0.3) is 10.6 Å². The fourth-order valence-corrected chi connectivity index (χ4v) is 2.65. The molecule has 6 nitrogen and oxygen atoms in total.